The number of thiophene rings is 1. The Labute approximate surface area is 159 Å². The highest BCUT2D eigenvalue weighted by atomic mass is 32.1. The first-order valence-corrected chi connectivity index (χ1v) is 10.6. The van der Waals surface area contributed by atoms with E-state index in [-0.39, 0.29) is 11.5 Å². The molecule has 26 heavy (non-hydrogen) atoms. The smallest absolute Gasteiger partial charge is 0.261 e. The van der Waals surface area contributed by atoms with Crippen LogP contribution in [0.3, 0.4) is 0 Å². The minimum absolute atomic E-state index is 0.0652. The van der Waals surface area contributed by atoms with Crippen molar-refractivity contribution in [3.8, 4) is 0 Å². The van der Waals surface area contributed by atoms with Crippen LogP contribution in [0.4, 0.5) is 0 Å². The number of hydrogen-bond donors (Lipinski definition) is 2. The maximum atomic E-state index is 12.6. The first-order chi connectivity index (χ1) is 12.8. The van der Waals surface area contributed by atoms with E-state index in [0.29, 0.717) is 0 Å². The van der Waals surface area contributed by atoms with Crippen LogP contribution in [0.25, 0.3) is 0 Å². The lowest BCUT2D eigenvalue weighted by molar-refractivity contribution is -0.0792. The highest BCUT2D eigenvalue weighted by Crippen LogP contribution is 2.43. The van der Waals surface area contributed by atoms with Crippen LogP contribution in [-0.2, 0) is 21.5 Å². The predicted molar refractivity (Wildman–Crippen MR) is 102 cm³/mol. The summed E-state index contributed by atoms with van der Waals surface area (Å²) in [5.74, 6) is 0.0652. The van der Waals surface area contributed by atoms with Crippen molar-refractivity contribution in [1.82, 2.24) is 15.5 Å². The second-order valence-electron chi connectivity index (χ2n) is 7.35. The van der Waals surface area contributed by atoms with E-state index >= 15 is 0 Å². The van der Waals surface area contributed by atoms with Crippen LogP contribution in [0.2, 0.25) is 0 Å². The molecule has 1 aromatic heterocycles. The van der Waals surface area contributed by atoms with Gasteiger partial charge in [0.15, 0.2) is 0 Å². The SMILES string of the molecule is O=C(NCCCN1CCOCC1)c1cc2c(s1)CCOC21CCNCC1. The highest BCUT2D eigenvalue weighted by molar-refractivity contribution is 7.14. The average molecular weight is 380 g/mol. The number of rotatable bonds is 5. The highest BCUT2D eigenvalue weighted by Gasteiger charge is 2.40. The number of nitrogens with one attached hydrogen (secondary N) is 2. The van der Waals surface area contributed by atoms with Gasteiger partial charge < -0.3 is 20.1 Å². The number of carbonyl (C=O) groups is 1. The summed E-state index contributed by atoms with van der Waals surface area (Å²) < 4.78 is 11.6. The Hall–Kier alpha value is -0.990. The Balaban J connectivity index is 1.32. The lowest BCUT2D eigenvalue weighted by Crippen LogP contribution is -2.44. The van der Waals surface area contributed by atoms with Gasteiger partial charge in [-0.2, -0.15) is 0 Å². The van der Waals surface area contributed by atoms with E-state index in [1.165, 1.54) is 10.4 Å². The van der Waals surface area contributed by atoms with Crippen molar-refractivity contribution in [2.75, 3.05) is 59.1 Å². The van der Waals surface area contributed by atoms with Gasteiger partial charge in [-0.05, 0) is 50.5 Å². The van der Waals surface area contributed by atoms with Crippen LogP contribution in [0.5, 0.6) is 0 Å². The van der Waals surface area contributed by atoms with E-state index in [2.05, 4.69) is 21.6 Å². The van der Waals surface area contributed by atoms with Crippen LogP contribution in [0.15, 0.2) is 6.07 Å². The molecule has 1 amide bonds. The van der Waals surface area contributed by atoms with Gasteiger partial charge in [0.2, 0.25) is 0 Å². The Morgan fingerprint density at radius 3 is 2.88 bits per heavy atom. The molecule has 1 aromatic rings. The molecular formula is C19H29N3O3S. The zero-order valence-electron chi connectivity index (χ0n) is 15.3. The van der Waals surface area contributed by atoms with Gasteiger partial charge >= 0.3 is 0 Å². The minimum atomic E-state index is -0.163. The number of amides is 1. The third-order valence-electron chi connectivity index (χ3n) is 5.68. The lowest BCUT2D eigenvalue weighted by atomic mass is 9.83. The molecule has 2 saturated heterocycles. The Morgan fingerprint density at radius 1 is 1.27 bits per heavy atom. The Kier molecular flexibility index (Phi) is 5.90. The third-order valence-corrected chi connectivity index (χ3v) is 6.88. The Morgan fingerprint density at radius 2 is 2.08 bits per heavy atom. The normalized spacial score (nSPS) is 22.9. The van der Waals surface area contributed by atoms with Gasteiger partial charge in [-0.25, -0.2) is 0 Å². The van der Waals surface area contributed by atoms with Crippen molar-refractivity contribution in [3.63, 3.8) is 0 Å². The molecule has 0 unspecified atom stereocenters. The fourth-order valence-corrected chi connectivity index (χ4v) is 5.34. The number of nitrogens with zero attached hydrogens (tertiary/aromatic N) is 1. The third kappa shape index (κ3) is 3.97. The molecule has 144 valence electrons. The van der Waals surface area contributed by atoms with Crippen molar-refractivity contribution in [2.45, 2.75) is 31.3 Å². The standard InChI is InChI=1S/C19H29N3O3S/c23-18(21-5-1-8-22-9-12-24-13-10-22)17-14-15-16(26-17)2-11-25-19(15)3-6-20-7-4-19/h14,20H,1-13H2,(H,21,23). The lowest BCUT2D eigenvalue weighted by Gasteiger charge is -2.40. The fourth-order valence-electron chi connectivity index (χ4n) is 4.19. The van der Waals surface area contributed by atoms with E-state index in [0.717, 1.165) is 89.6 Å². The first kappa shape index (κ1) is 18.4. The topological polar surface area (TPSA) is 62.8 Å². The molecule has 6 nitrogen and oxygen atoms in total. The van der Waals surface area contributed by atoms with E-state index in [4.69, 9.17) is 9.47 Å². The summed E-state index contributed by atoms with van der Waals surface area (Å²) in [4.78, 5) is 17.2. The van der Waals surface area contributed by atoms with Gasteiger partial charge in [0, 0.05) is 30.9 Å². The van der Waals surface area contributed by atoms with Crippen molar-refractivity contribution in [1.29, 1.82) is 0 Å². The van der Waals surface area contributed by atoms with Gasteiger partial charge in [-0.1, -0.05) is 0 Å². The molecule has 0 saturated carbocycles. The van der Waals surface area contributed by atoms with Crippen molar-refractivity contribution >= 4 is 17.2 Å². The van der Waals surface area contributed by atoms with Gasteiger partial charge in [-0.15, -0.1) is 11.3 Å². The molecular weight excluding hydrogens is 350 g/mol. The van der Waals surface area contributed by atoms with Crippen molar-refractivity contribution in [3.05, 3.63) is 21.4 Å². The largest absolute Gasteiger partial charge is 0.379 e. The molecule has 0 radical (unpaired) electrons. The predicted octanol–water partition coefficient (Wildman–Crippen LogP) is 1.35. The summed E-state index contributed by atoms with van der Waals surface area (Å²) in [5.41, 5.74) is 1.11. The van der Waals surface area contributed by atoms with E-state index in [1.54, 1.807) is 11.3 Å². The monoisotopic (exact) mass is 379 g/mol. The van der Waals surface area contributed by atoms with Crippen LogP contribution < -0.4 is 10.6 Å². The van der Waals surface area contributed by atoms with Crippen LogP contribution in [0, 0.1) is 0 Å². The number of hydrogen-bond acceptors (Lipinski definition) is 6. The quantitative estimate of drug-likeness (QED) is 0.757. The van der Waals surface area contributed by atoms with Gasteiger partial charge in [0.25, 0.3) is 5.91 Å². The van der Waals surface area contributed by atoms with Crippen LogP contribution >= 0.6 is 11.3 Å². The minimum Gasteiger partial charge on any atom is -0.379 e. The fraction of sp³-hybridized carbons (Fsp3) is 0.737. The zero-order valence-corrected chi connectivity index (χ0v) is 16.2. The van der Waals surface area contributed by atoms with Gasteiger partial charge in [-0.3, -0.25) is 9.69 Å². The second-order valence-corrected chi connectivity index (χ2v) is 8.49. The summed E-state index contributed by atoms with van der Waals surface area (Å²) in [5, 5.41) is 6.51. The number of fused-ring (bicyclic) bond motifs is 2. The van der Waals surface area contributed by atoms with Crippen molar-refractivity contribution in [2.24, 2.45) is 0 Å². The number of ether oxygens (including phenoxy) is 2. The first-order valence-electron chi connectivity index (χ1n) is 9.83. The number of carbonyl (C=O) groups excluding carboxylic acids is 1. The van der Waals surface area contributed by atoms with Crippen LogP contribution in [-0.4, -0.2) is 69.9 Å². The molecule has 4 rings (SSSR count). The molecule has 0 bridgehead atoms. The molecule has 0 atom stereocenters. The molecule has 2 fully saturated rings. The maximum absolute atomic E-state index is 12.6. The summed E-state index contributed by atoms with van der Waals surface area (Å²) in [6.07, 6.45) is 3.91. The summed E-state index contributed by atoms with van der Waals surface area (Å²) in [6.45, 7) is 8.15. The maximum Gasteiger partial charge on any atom is 0.261 e. The summed E-state index contributed by atoms with van der Waals surface area (Å²) >= 11 is 1.66. The van der Waals surface area contributed by atoms with E-state index in [1.807, 2.05) is 0 Å². The molecule has 1 spiro atoms. The van der Waals surface area contributed by atoms with Crippen molar-refractivity contribution < 1.29 is 14.3 Å². The zero-order chi connectivity index (χ0) is 17.8. The summed E-state index contributed by atoms with van der Waals surface area (Å²) in [6, 6.07) is 2.10. The number of piperidine rings is 1. The molecule has 0 aromatic carbocycles. The molecule has 3 aliphatic heterocycles. The second kappa shape index (κ2) is 8.35. The average Bonchev–Trinajstić information content (AvgIpc) is 3.13. The van der Waals surface area contributed by atoms with E-state index in [9.17, 15) is 4.79 Å². The Bertz CT molecular complexity index is 622. The molecule has 3 aliphatic rings. The molecule has 7 heteroatoms. The van der Waals surface area contributed by atoms with E-state index < -0.39 is 0 Å². The van der Waals surface area contributed by atoms with Gasteiger partial charge in [0.05, 0.1) is 30.3 Å². The summed E-state index contributed by atoms with van der Waals surface area (Å²) in [7, 11) is 0. The molecule has 4 heterocycles. The van der Waals surface area contributed by atoms with Crippen LogP contribution in [0.1, 0.15) is 39.4 Å². The van der Waals surface area contributed by atoms with Gasteiger partial charge in [0.1, 0.15) is 0 Å². The molecule has 0 aliphatic carbocycles. The number of morpholine rings is 1. The molecule has 2 N–H and O–H groups in total.